The number of hydrogen-bond acceptors (Lipinski definition) is 9. The van der Waals surface area contributed by atoms with Gasteiger partial charge < -0.3 is 20.7 Å². The Labute approximate surface area is 294 Å². The van der Waals surface area contributed by atoms with Gasteiger partial charge in [0.25, 0.3) is 0 Å². The molecule has 0 radical (unpaired) electrons. The number of halogens is 5. The van der Waals surface area contributed by atoms with Crippen LogP contribution in [0.15, 0.2) is 42.5 Å². The topological polar surface area (TPSA) is 103 Å². The van der Waals surface area contributed by atoms with Gasteiger partial charge in [-0.2, -0.15) is 28.4 Å². The summed E-state index contributed by atoms with van der Waals surface area (Å²) in [4.78, 5) is 13.4. The number of thiophene rings is 1. The lowest BCUT2D eigenvalue weighted by Crippen LogP contribution is -2.61. The van der Waals surface area contributed by atoms with Gasteiger partial charge in [0.1, 0.15) is 34.8 Å². The Hall–Kier alpha value is -4.32. The largest absolute Gasteiger partial charge is 0.461 e. The normalized spacial score (nSPS) is 24.5. The quantitative estimate of drug-likeness (QED) is 0.158. The van der Waals surface area contributed by atoms with E-state index in [1.54, 1.807) is 0 Å². The van der Waals surface area contributed by atoms with Crippen molar-refractivity contribution in [3.63, 3.8) is 0 Å². The highest BCUT2D eigenvalue weighted by atomic mass is 32.1. The second-order valence-electron chi connectivity index (χ2n) is 15.0. The smallest absolute Gasteiger partial charge is 0.417 e. The molecule has 0 spiro atoms. The number of nitriles is 1. The number of nitrogen functional groups attached to an aromatic ring is 1. The summed E-state index contributed by atoms with van der Waals surface area (Å²) in [7, 11) is 0. The van der Waals surface area contributed by atoms with Crippen LogP contribution in [0.1, 0.15) is 49.7 Å². The van der Waals surface area contributed by atoms with Crippen molar-refractivity contribution >= 4 is 43.1 Å². The summed E-state index contributed by atoms with van der Waals surface area (Å²) in [5.74, 6) is -1.43. The highest BCUT2D eigenvalue weighted by molar-refractivity contribution is 7.23. The number of fused-ring (bicyclic) bond motifs is 5. The molecule has 2 bridgehead atoms. The molecule has 4 saturated heterocycles. The average Bonchev–Trinajstić information content (AvgIpc) is 3.64. The van der Waals surface area contributed by atoms with Crippen molar-refractivity contribution < 1.29 is 26.7 Å². The van der Waals surface area contributed by atoms with Gasteiger partial charge in [0.15, 0.2) is 5.82 Å². The molecule has 6 heterocycles. The van der Waals surface area contributed by atoms with Gasteiger partial charge in [0.2, 0.25) is 0 Å². The number of hydrogen-bond donors (Lipinski definition) is 2. The molecule has 4 aromatic rings. The maximum absolute atomic E-state index is 17.3. The third-order valence-electron chi connectivity index (χ3n) is 11.5. The van der Waals surface area contributed by atoms with E-state index in [1.165, 1.54) is 0 Å². The van der Waals surface area contributed by atoms with Crippen molar-refractivity contribution in [3.05, 3.63) is 65.3 Å². The van der Waals surface area contributed by atoms with Crippen molar-refractivity contribution in [2.75, 3.05) is 43.4 Å². The maximum atomic E-state index is 17.3. The number of nitrogens with zero attached hydrogens (tertiary/aromatic N) is 5. The maximum Gasteiger partial charge on any atom is 0.417 e. The monoisotopic (exact) mass is 719 g/mol. The second-order valence-corrected chi connectivity index (χ2v) is 16.1. The Balaban J connectivity index is 1.26. The minimum Gasteiger partial charge on any atom is -0.461 e. The minimum absolute atomic E-state index is 0.0792. The average molecular weight is 720 g/mol. The molecule has 1 aliphatic carbocycles. The van der Waals surface area contributed by atoms with E-state index in [0.29, 0.717) is 44.9 Å². The van der Waals surface area contributed by atoms with Crippen LogP contribution in [0, 0.1) is 28.9 Å². The number of alkyl halides is 3. The molecule has 14 heteroatoms. The third kappa shape index (κ3) is 5.03. The first-order valence-electron chi connectivity index (χ1n) is 17.1. The zero-order valence-corrected chi connectivity index (χ0v) is 28.4. The molecule has 1 saturated carbocycles. The summed E-state index contributed by atoms with van der Waals surface area (Å²) in [5.41, 5.74) is 4.49. The van der Waals surface area contributed by atoms with Crippen LogP contribution in [0.3, 0.4) is 0 Å². The van der Waals surface area contributed by atoms with E-state index in [-0.39, 0.29) is 67.1 Å². The summed E-state index contributed by atoms with van der Waals surface area (Å²) in [6, 6.07) is 4.73. The lowest BCUT2D eigenvalue weighted by molar-refractivity contribution is -0.137. The van der Waals surface area contributed by atoms with E-state index in [1.807, 2.05) is 11.0 Å². The van der Waals surface area contributed by atoms with E-state index >= 15 is 17.6 Å². The molecule has 8 nitrogen and oxygen atoms in total. The molecular weight excluding hydrogens is 686 g/mol. The Kier molecular flexibility index (Phi) is 7.08. The number of anilines is 2. The zero-order chi connectivity index (χ0) is 35.6. The van der Waals surface area contributed by atoms with E-state index in [9.17, 15) is 9.65 Å². The van der Waals surface area contributed by atoms with Crippen molar-refractivity contribution in [2.45, 2.75) is 61.8 Å². The molecule has 2 atom stereocenters. The first-order chi connectivity index (χ1) is 24.3. The number of rotatable bonds is 6. The van der Waals surface area contributed by atoms with Crippen LogP contribution in [0.2, 0.25) is 0 Å². The molecule has 0 amide bonds. The molecular formula is C37H34F5N7OS. The van der Waals surface area contributed by atoms with Gasteiger partial charge in [-0.1, -0.05) is 30.4 Å². The van der Waals surface area contributed by atoms with Gasteiger partial charge in [-0.3, -0.25) is 4.90 Å². The molecule has 0 unspecified atom stereocenters. The van der Waals surface area contributed by atoms with Crippen molar-refractivity contribution in [1.29, 1.82) is 5.26 Å². The minimum atomic E-state index is -5.04. The summed E-state index contributed by atoms with van der Waals surface area (Å²) in [6.45, 7) is 10.9. The van der Waals surface area contributed by atoms with Gasteiger partial charge in [0, 0.05) is 54.1 Å². The Bertz CT molecular complexity index is 2220. The highest BCUT2D eigenvalue weighted by Crippen LogP contribution is 2.51. The van der Waals surface area contributed by atoms with Crippen molar-refractivity contribution in [1.82, 2.24) is 20.2 Å². The van der Waals surface area contributed by atoms with E-state index in [4.69, 9.17) is 15.5 Å². The zero-order valence-electron chi connectivity index (χ0n) is 27.6. The Morgan fingerprint density at radius 1 is 1.12 bits per heavy atom. The highest BCUT2D eigenvalue weighted by Gasteiger charge is 2.54. The summed E-state index contributed by atoms with van der Waals surface area (Å²) >= 11 is 0.726. The van der Waals surface area contributed by atoms with E-state index < -0.39 is 34.5 Å². The van der Waals surface area contributed by atoms with Gasteiger partial charge in [0.05, 0.1) is 21.4 Å². The van der Waals surface area contributed by atoms with E-state index in [0.717, 1.165) is 66.4 Å². The Morgan fingerprint density at radius 2 is 1.86 bits per heavy atom. The fourth-order valence-electron chi connectivity index (χ4n) is 9.31. The molecule has 2 aromatic heterocycles. The van der Waals surface area contributed by atoms with Crippen LogP contribution in [0.4, 0.5) is 32.8 Å². The molecule has 5 fully saturated rings. The molecule has 5 aliphatic rings. The number of nitrogens with two attached hydrogens (primary N) is 1. The van der Waals surface area contributed by atoms with Gasteiger partial charge in [-0.15, -0.1) is 11.3 Å². The molecule has 3 N–H and O–H groups in total. The van der Waals surface area contributed by atoms with Gasteiger partial charge in [-0.25, -0.2) is 8.78 Å². The molecule has 4 aliphatic heterocycles. The summed E-state index contributed by atoms with van der Waals surface area (Å²) < 4.78 is 83.8. The first-order valence-corrected chi connectivity index (χ1v) is 17.9. The SMILES string of the molecule is C=C1CN2CC(=C)CC2(COc2nc(N3C[C@@H]4CC[C@](C5CC5)(C3)N4)c3cc(C(F)(F)F)c(-c4ccc(F)c5sc(N)c(C#N)c45)c(F)c3n2)C1. The second kappa shape index (κ2) is 11.1. The first kappa shape index (κ1) is 32.6. The van der Waals surface area contributed by atoms with Crippen molar-refractivity contribution in [3.8, 4) is 23.2 Å². The van der Waals surface area contributed by atoms with Crippen LogP contribution in [-0.2, 0) is 6.18 Å². The molecule has 2 aromatic carbocycles. The van der Waals surface area contributed by atoms with Crippen LogP contribution in [-0.4, -0.2) is 64.8 Å². The number of nitrogens with one attached hydrogen (secondary N) is 1. The predicted octanol–water partition coefficient (Wildman–Crippen LogP) is 7.32. The van der Waals surface area contributed by atoms with Crippen LogP contribution < -0.4 is 20.7 Å². The number of aromatic nitrogens is 2. The predicted molar refractivity (Wildman–Crippen MR) is 186 cm³/mol. The lowest BCUT2D eigenvalue weighted by atomic mass is 9.90. The fourth-order valence-corrected chi connectivity index (χ4v) is 10.3. The molecule has 9 rings (SSSR count). The Morgan fingerprint density at radius 3 is 2.55 bits per heavy atom. The fraction of sp³-hybridized carbons (Fsp3) is 0.432. The van der Waals surface area contributed by atoms with Crippen LogP contribution >= 0.6 is 11.3 Å². The van der Waals surface area contributed by atoms with Gasteiger partial charge in [-0.05, 0) is 62.1 Å². The summed E-state index contributed by atoms with van der Waals surface area (Å²) in [6.07, 6.45) is 0.313. The number of ether oxygens (including phenoxy) is 1. The van der Waals surface area contributed by atoms with Gasteiger partial charge >= 0.3 is 12.2 Å². The molecule has 51 heavy (non-hydrogen) atoms. The van der Waals surface area contributed by atoms with Crippen LogP contribution in [0.5, 0.6) is 6.01 Å². The van der Waals surface area contributed by atoms with Crippen LogP contribution in [0.25, 0.3) is 32.1 Å². The standard InChI is InChI=1S/C37H34F5N7OS/c1-18-10-35(11-19(2)14-49(35)13-18)17-50-34-45-30-23(33(46-34)48-15-21-7-8-36(16-48,47-21)20-3-4-20)9-25(37(40,41)42)28(29(30)39)22-5-6-26(38)31-27(22)24(12-43)32(44)51-31/h5-6,9,20-21,47H,1-4,7-8,10-11,13-17,44H2/t21-,36+/m0/s1. The third-order valence-corrected chi connectivity index (χ3v) is 12.6. The lowest BCUT2D eigenvalue weighted by Gasteiger charge is -2.42. The number of benzene rings is 2. The van der Waals surface area contributed by atoms with Crippen molar-refractivity contribution in [2.24, 2.45) is 5.92 Å². The van der Waals surface area contributed by atoms with E-state index in [2.05, 4.69) is 28.4 Å². The summed E-state index contributed by atoms with van der Waals surface area (Å²) in [5, 5.41) is 13.3. The molecule has 264 valence electrons. The number of piperazine rings is 1.